The van der Waals surface area contributed by atoms with Crippen LogP contribution >= 0.6 is 22.7 Å². The summed E-state index contributed by atoms with van der Waals surface area (Å²) in [6.07, 6.45) is 0. The van der Waals surface area contributed by atoms with Crippen LogP contribution in [0.3, 0.4) is 0 Å². The molecule has 0 bridgehead atoms. The molecular weight excluding hydrogens is 426 g/mol. The molecule has 1 amide bonds. The Morgan fingerprint density at radius 1 is 0.742 bits per heavy atom. The van der Waals surface area contributed by atoms with Crippen molar-refractivity contribution in [2.75, 3.05) is 5.32 Å². The average molecular weight is 442 g/mol. The molecule has 7 heteroatoms. The van der Waals surface area contributed by atoms with Gasteiger partial charge in [-0.25, -0.2) is 9.97 Å². The van der Waals surface area contributed by atoms with Gasteiger partial charge in [0.1, 0.15) is 10.7 Å². The van der Waals surface area contributed by atoms with Crippen molar-refractivity contribution in [2.24, 2.45) is 0 Å². The zero-order valence-electron chi connectivity index (χ0n) is 16.1. The second-order valence-corrected chi connectivity index (χ2v) is 8.64. The SMILES string of the molecule is O=C(Nc1nc(-c2nc3ccccc3s2)cs1)c1ccc(C(=O)c2ccccc2)cc1. The number of carbonyl (C=O) groups is 2. The number of hydrogen-bond donors (Lipinski definition) is 1. The second kappa shape index (κ2) is 8.22. The Morgan fingerprint density at radius 2 is 1.42 bits per heavy atom. The van der Waals surface area contributed by atoms with Gasteiger partial charge < -0.3 is 0 Å². The van der Waals surface area contributed by atoms with E-state index < -0.39 is 0 Å². The summed E-state index contributed by atoms with van der Waals surface area (Å²) in [5, 5.41) is 6.03. The van der Waals surface area contributed by atoms with Crippen molar-refractivity contribution >= 4 is 49.7 Å². The van der Waals surface area contributed by atoms with Crippen molar-refractivity contribution in [1.29, 1.82) is 0 Å². The van der Waals surface area contributed by atoms with Crippen LogP contribution in [-0.2, 0) is 0 Å². The molecule has 3 aromatic carbocycles. The number of thiazole rings is 2. The number of carbonyl (C=O) groups excluding carboxylic acids is 2. The van der Waals surface area contributed by atoms with E-state index in [-0.39, 0.29) is 11.7 Å². The van der Waals surface area contributed by atoms with Gasteiger partial charge in [0.05, 0.1) is 10.2 Å². The first kappa shape index (κ1) is 19.3. The molecule has 150 valence electrons. The zero-order chi connectivity index (χ0) is 21.2. The van der Waals surface area contributed by atoms with Crippen LogP contribution in [0.2, 0.25) is 0 Å². The van der Waals surface area contributed by atoms with Crippen LogP contribution in [0.1, 0.15) is 26.3 Å². The largest absolute Gasteiger partial charge is 0.298 e. The molecule has 0 radical (unpaired) electrons. The zero-order valence-corrected chi connectivity index (χ0v) is 17.7. The molecule has 5 aromatic rings. The van der Waals surface area contributed by atoms with Crippen molar-refractivity contribution in [3.05, 3.63) is 101 Å². The molecule has 2 aromatic heterocycles. The predicted molar refractivity (Wildman–Crippen MR) is 125 cm³/mol. The maximum absolute atomic E-state index is 12.6. The molecule has 0 aliphatic rings. The van der Waals surface area contributed by atoms with E-state index in [2.05, 4.69) is 15.3 Å². The third-order valence-electron chi connectivity index (χ3n) is 4.68. The van der Waals surface area contributed by atoms with Crippen LogP contribution < -0.4 is 5.32 Å². The quantitative estimate of drug-likeness (QED) is 0.345. The van der Waals surface area contributed by atoms with Crippen molar-refractivity contribution in [1.82, 2.24) is 9.97 Å². The van der Waals surface area contributed by atoms with E-state index in [1.807, 2.05) is 47.8 Å². The van der Waals surface area contributed by atoms with Crippen LogP contribution in [-0.4, -0.2) is 21.7 Å². The van der Waals surface area contributed by atoms with E-state index in [9.17, 15) is 9.59 Å². The number of fused-ring (bicyclic) bond motifs is 1. The number of benzene rings is 3. The van der Waals surface area contributed by atoms with E-state index in [0.29, 0.717) is 21.8 Å². The lowest BCUT2D eigenvalue weighted by Crippen LogP contribution is -2.12. The Bertz CT molecular complexity index is 1360. The molecule has 5 nitrogen and oxygen atoms in total. The van der Waals surface area contributed by atoms with Gasteiger partial charge in [0.25, 0.3) is 5.91 Å². The second-order valence-electron chi connectivity index (χ2n) is 6.75. The smallest absolute Gasteiger partial charge is 0.257 e. The third-order valence-corrected chi connectivity index (χ3v) is 6.50. The summed E-state index contributed by atoms with van der Waals surface area (Å²) in [7, 11) is 0. The molecule has 0 aliphatic carbocycles. The van der Waals surface area contributed by atoms with Gasteiger partial charge in [-0.2, -0.15) is 0 Å². The Labute approximate surface area is 186 Å². The molecule has 2 heterocycles. The molecule has 0 atom stereocenters. The first-order chi connectivity index (χ1) is 15.2. The van der Waals surface area contributed by atoms with Crippen LogP contribution in [0.15, 0.2) is 84.2 Å². The summed E-state index contributed by atoms with van der Waals surface area (Å²) >= 11 is 2.92. The van der Waals surface area contributed by atoms with Gasteiger partial charge in [0.2, 0.25) is 0 Å². The predicted octanol–water partition coefficient (Wildman–Crippen LogP) is 5.90. The molecule has 0 aliphatic heterocycles. The fraction of sp³-hybridized carbons (Fsp3) is 0. The molecule has 5 rings (SSSR count). The standard InChI is InChI=1S/C24H15N3O2S2/c28-21(15-6-2-1-3-7-15)16-10-12-17(13-11-16)22(29)27-24-26-19(14-30-24)23-25-18-8-4-5-9-20(18)31-23/h1-14H,(H,26,27,29). The third kappa shape index (κ3) is 4.01. The van der Waals surface area contributed by atoms with Gasteiger partial charge in [-0.15, -0.1) is 22.7 Å². The maximum Gasteiger partial charge on any atom is 0.257 e. The van der Waals surface area contributed by atoms with Crippen molar-refractivity contribution in [3.63, 3.8) is 0 Å². The molecule has 0 saturated heterocycles. The molecule has 0 unspecified atom stereocenters. The van der Waals surface area contributed by atoms with Crippen LogP contribution in [0, 0.1) is 0 Å². The summed E-state index contributed by atoms with van der Waals surface area (Å²) in [5.41, 5.74) is 3.29. The minimum Gasteiger partial charge on any atom is -0.298 e. The summed E-state index contributed by atoms with van der Waals surface area (Å²) in [6.45, 7) is 0. The van der Waals surface area contributed by atoms with E-state index in [0.717, 1.165) is 20.9 Å². The van der Waals surface area contributed by atoms with E-state index in [4.69, 9.17) is 0 Å². The topological polar surface area (TPSA) is 72.0 Å². The molecule has 1 N–H and O–H groups in total. The van der Waals surface area contributed by atoms with E-state index in [1.165, 1.54) is 11.3 Å². The van der Waals surface area contributed by atoms with Gasteiger partial charge in [-0.1, -0.05) is 54.6 Å². The fourth-order valence-electron chi connectivity index (χ4n) is 3.11. The number of aromatic nitrogens is 2. The highest BCUT2D eigenvalue weighted by Crippen LogP contribution is 2.32. The highest BCUT2D eigenvalue weighted by atomic mass is 32.1. The fourth-order valence-corrected chi connectivity index (χ4v) is 4.80. The monoisotopic (exact) mass is 441 g/mol. The lowest BCUT2D eigenvalue weighted by molar-refractivity contribution is 0.102. The summed E-state index contributed by atoms with van der Waals surface area (Å²) < 4.78 is 1.10. The van der Waals surface area contributed by atoms with Gasteiger partial charge >= 0.3 is 0 Å². The minimum absolute atomic E-state index is 0.0760. The van der Waals surface area contributed by atoms with Gasteiger partial charge in [0.15, 0.2) is 10.9 Å². The molecule has 0 spiro atoms. The normalized spacial score (nSPS) is 10.8. The van der Waals surface area contributed by atoms with E-state index >= 15 is 0 Å². The molecule has 31 heavy (non-hydrogen) atoms. The number of ketones is 1. The number of nitrogens with zero attached hydrogens (tertiary/aromatic N) is 2. The number of para-hydroxylation sites is 1. The molecular formula is C24H15N3O2S2. The Kier molecular flexibility index (Phi) is 5.11. The number of anilines is 1. The van der Waals surface area contributed by atoms with Crippen LogP contribution in [0.5, 0.6) is 0 Å². The Hall–Kier alpha value is -3.68. The van der Waals surface area contributed by atoms with Crippen LogP contribution in [0.4, 0.5) is 5.13 Å². The minimum atomic E-state index is -0.274. The Morgan fingerprint density at radius 3 is 2.19 bits per heavy atom. The molecule has 0 saturated carbocycles. The van der Waals surface area contributed by atoms with Gasteiger partial charge in [-0.05, 0) is 24.3 Å². The number of rotatable bonds is 5. The lowest BCUT2D eigenvalue weighted by atomic mass is 10.0. The van der Waals surface area contributed by atoms with Gasteiger partial charge in [0, 0.05) is 22.1 Å². The lowest BCUT2D eigenvalue weighted by Gasteiger charge is -2.04. The first-order valence-electron chi connectivity index (χ1n) is 9.50. The first-order valence-corrected chi connectivity index (χ1v) is 11.2. The highest BCUT2D eigenvalue weighted by molar-refractivity contribution is 7.22. The van der Waals surface area contributed by atoms with Crippen molar-refractivity contribution in [2.45, 2.75) is 0 Å². The van der Waals surface area contributed by atoms with Crippen molar-refractivity contribution < 1.29 is 9.59 Å². The summed E-state index contributed by atoms with van der Waals surface area (Å²) in [5.74, 6) is -0.350. The average Bonchev–Trinajstić information content (AvgIpc) is 3.46. The number of hydrogen-bond acceptors (Lipinski definition) is 6. The Balaban J connectivity index is 1.30. The maximum atomic E-state index is 12.6. The van der Waals surface area contributed by atoms with E-state index in [1.54, 1.807) is 47.7 Å². The molecule has 0 fully saturated rings. The van der Waals surface area contributed by atoms with Crippen LogP contribution in [0.25, 0.3) is 20.9 Å². The summed E-state index contributed by atoms with van der Waals surface area (Å²) in [6, 6.07) is 23.6. The van der Waals surface area contributed by atoms with Crippen molar-refractivity contribution in [3.8, 4) is 10.7 Å². The summed E-state index contributed by atoms with van der Waals surface area (Å²) in [4.78, 5) is 34.2. The number of nitrogens with one attached hydrogen (secondary N) is 1. The number of amides is 1. The highest BCUT2D eigenvalue weighted by Gasteiger charge is 2.14. The van der Waals surface area contributed by atoms with Gasteiger partial charge in [-0.3, -0.25) is 14.9 Å².